The predicted molar refractivity (Wildman–Crippen MR) is 49.8 cm³/mol. The van der Waals surface area contributed by atoms with Crippen molar-refractivity contribution in [3.05, 3.63) is 0 Å². The van der Waals surface area contributed by atoms with Crippen LogP contribution in [0, 0.1) is 16.7 Å². The van der Waals surface area contributed by atoms with Gasteiger partial charge in [0, 0.05) is 5.92 Å². The molecule has 0 saturated heterocycles. The molecule has 0 radical (unpaired) electrons. The van der Waals surface area contributed by atoms with Crippen molar-refractivity contribution in [2.24, 2.45) is 16.7 Å². The van der Waals surface area contributed by atoms with Crippen LogP contribution in [-0.4, -0.2) is 16.8 Å². The average Bonchev–Trinajstić information content (AvgIpc) is 2.41. The first-order valence-corrected chi connectivity index (χ1v) is 5.02. The molecular formula is C10H11ClO3. The monoisotopic (exact) mass is 214 g/mol. The molecular weight excluding hydrogens is 204 g/mol. The topological polar surface area (TPSA) is 51.2 Å². The highest BCUT2D eigenvalue weighted by atomic mass is 35.5. The van der Waals surface area contributed by atoms with E-state index in [1.54, 1.807) is 13.8 Å². The van der Waals surface area contributed by atoms with Crippen LogP contribution in [0.4, 0.5) is 0 Å². The zero-order valence-corrected chi connectivity index (χ0v) is 8.85. The summed E-state index contributed by atoms with van der Waals surface area (Å²) in [6.45, 7) is 3.57. The predicted octanol–water partition coefficient (Wildman–Crippen LogP) is 1.33. The number of hydrogen-bond donors (Lipinski definition) is 0. The van der Waals surface area contributed by atoms with Crippen molar-refractivity contribution in [1.29, 1.82) is 0 Å². The highest BCUT2D eigenvalue weighted by molar-refractivity contribution is 6.69. The Hall–Kier alpha value is -0.700. The van der Waals surface area contributed by atoms with Crippen LogP contribution in [0.15, 0.2) is 0 Å². The number of rotatable bonds is 1. The Balaban J connectivity index is 2.65. The number of hydrogen-bond acceptors (Lipinski definition) is 3. The minimum Gasteiger partial charge on any atom is -0.291 e. The molecule has 14 heavy (non-hydrogen) atoms. The molecule has 2 rings (SSSR count). The third-order valence-electron chi connectivity index (χ3n) is 4.04. The number of carbonyl (C=O) groups excluding carboxylic acids is 3. The van der Waals surface area contributed by atoms with Gasteiger partial charge in [-0.1, -0.05) is 13.8 Å². The summed E-state index contributed by atoms with van der Waals surface area (Å²) in [7, 11) is 0. The van der Waals surface area contributed by atoms with Crippen LogP contribution in [0.1, 0.15) is 26.7 Å². The Labute approximate surface area is 86.8 Å². The van der Waals surface area contributed by atoms with Gasteiger partial charge in [-0.3, -0.25) is 14.4 Å². The molecule has 0 aromatic carbocycles. The molecule has 0 aromatic rings. The smallest absolute Gasteiger partial charge is 0.236 e. The maximum Gasteiger partial charge on any atom is 0.236 e. The number of carbonyl (C=O) groups is 3. The summed E-state index contributed by atoms with van der Waals surface area (Å²) in [5.74, 6) is -1.29. The maximum absolute atomic E-state index is 11.7. The Kier molecular flexibility index (Phi) is 1.72. The van der Waals surface area contributed by atoms with Gasteiger partial charge in [-0.25, -0.2) is 0 Å². The zero-order chi connectivity index (χ0) is 10.7. The van der Waals surface area contributed by atoms with E-state index in [0.717, 1.165) is 0 Å². The van der Waals surface area contributed by atoms with Crippen molar-refractivity contribution >= 4 is 28.4 Å². The third kappa shape index (κ3) is 0.738. The van der Waals surface area contributed by atoms with Crippen molar-refractivity contribution < 1.29 is 14.4 Å². The van der Waals surface area contributed by atoms with Gasteiger partial charge in [-0.2, -0.15) is 0 Å². The lowest BCUT2D eigenvalue weighted by Crippen LogP contribution is -2.42. The summed E-state index contributed by atoms with van der Waals surface area (Å²) in [6, 6.07) is 0. The van der Waals surface area contributed by atoms with E-state index < -0.39 is 27.6 Å². The van der Waals surface area contributed by atoms with Crippen LogP contribution in [0.5, 0.6) is 0 Å². The van der Waals surface area contributed by atoms with E-state index in [-0.39, 0.29) is 5.92 Å². The van der Waals surface area contributed by atoms with Gasteiger partial charge in [0.15, 0.2) is 0 Å². The van der Waals surface area contributed by atoms with E-state index in [1.165, 1.54) is 0 Å². The van der Waals surface area contributed by atoms with Crippen LogP contribution < -0.4 is 0 Å². The molecule has 0 amide bonds. The van der Waals surface area contributed by atoms with E-state index in [1.807, 2.05) is 0 Å². The number of ketones is 2. The van der Waals surface area contributed by atoms with Crippen molar-refractivity contribution in [3.63, 3.8) is 0 Å². The molecule has 0 heterocycles. The molecule has 2 atom stereocenters. The van der Waals surface area contributed by atoms with Gasteiger partial charge in [0.2, 0.25) is 16.8 Å². The molecule has 0 aromatic heterocycles. The highest BCUT2D eigenvalue weighted by Crippen LogP contribution is 2.63. The first-order valence-electron chi connectivity index (χ1n) is 4.64. The second-order valence-electron chi connectivity index (χ2n) is 4.69. The first-order chi connectivity index (χ1) is 6.35. The van der Waals surface area contributed by atoms with E-state index >= 15 is 0 Å². The van der Waals surface area contributed by atoms with Crippen LogP contribution in [-0.2, 0) is 14.4 Å². The summed E-state index contributed by atoms with van der Waals surface area (Å²) in [6.07, 6.45) is 1.04. The van der Waals surface area contributed by atoms with Gasteiger partial charge in [-0.15, -0.1) is 0 Å². The van der Waals surface area contributed by atoms with E-state index in [0.29, 0.717) is 12.8 Å². The standard InChI is InChI=1S/C10H11ClO3/c1-9(2)5-3-4-10(9,8(11)14)7(13)6(5)12/h5H,3-4H2,1-2H3/t5-,10-/m0/s1. The molecule has 0 aliphatic heterocycles. The Morgan fingerprint density at radius 2 is 2.00 bits per heavy atom. The van der Waals surface area contributed by atoms with Gasteiger partial charge < -0.3 is 0 Å². The van der Waals surface area contributed by atoms with Crippen LogP contribution >= 0.6 is 11.6 Å². The molecule has 0 spiro atoms. The molecule has 76 valence electrons. The van der Waals surface area contributed by atoms with E-state index in [2.05, 4.69) is 0 Å². The fraction of sp³-hybridized carbons (Fsp3) is 0.700. The molecule has 3 nitrogen and oxygen atoms in total. The summed E-state index contributed by atoms with van der Waals surface area (Å²) in [4.78, 5) is 34.6. The van der Waals surface area contributed by atoms with E-state index in [4.69, 9.17) is 11.6 Å². The van der Waals surface area contributed by atoms with Crippen LogP contribution in [0.2, 0.25) is 0 Å². The lowest BCUT2D eigenvalue weighted by molar-refractivity contribution is -0.145. The minimum atomic E-state index is -1.23. The SMILES string of the molecule is CC1(C)[C@H]2CC[C@@]1(C(=O)Cl)C(=O)C2=O. The maximum atomic E-state index is 11.7. The largest absolute Gasteiger partial charge is 0.291 e. The molecule has 2 bridgehead atoms. The van der Waals surface area contributed by atoms with Gasteiger partial charge in [-0.05, 0) is 29.9 Å². The summed E-state index contributed by atoms with van der Waals surface area (Å²) >= 11 is 5.50. The quantitative estimate of drug-likeness (QED) is 0.376. The molecule has 4 heteroatoms. The normalized spacial score (nSPS) is 39.2. The van der Waals surface area contributed by atoms with Crippen LogP contribution in [0.3, 0.4) is 0 Å². The van der Waals surface area contributed by atoms with Crippen LogP contribution in [0.25, 0.3) is 0 Å². The van der Waals surface area contributed by atoms with Crippen molar-refractivity contribution in [3.8, 4) is 0 Å². The number of fused-ring (bicyclic) bond motifs is 2. The van der Waals surface area contributed by atoms with E-state index in [9.17, 15) is 14.4 Å². The Bertz CT molecular complexity index is 358. The fourth-order valence-corrected chi connectivity index (χ4v) is 3.44. The zero-order valence-electron chi connectivity index (χ0n) is 8.09. The molecule has 2 saturated carbocycles. The van der Waals surface area contributed by atoms with Gasteiger partial charge in [0.05, 0.1) is 0 Å². The molecule has 2 fully saturated rings. The second-order valence-corrected chi connectivity index (χ2v) is 5.03. The van der Waals surface area contributed by atoms with Gasteiger partial charge in [0.25, 0.3) is 0 Å². The molecule has 2 aliphatic rings. The minimum absolute atomic E-state index is 0.308. The number of halogens is 1. The summed E-state index contributed by atoms with van der Waals surface area (Å²) in [5.41, 5.74) is -1.82. The molecule has 0 N–H and O–H groups in total. The average molecular weight is 215 g/mol. The second kappa shape index (κ2) is 2.45. The van der Waals surface area contributed by atoms with Crippen molar-refractivity contribution in [2.75, 3.05) is 0 Å². The van der Waals surface area contributed by atoms with Crippen molar-refractivity contribution in [2.45, 2.75) is 26.7 Å². The lowest BCUT2D eigenvalue weighted by atomic mass is 9.70. The van der Waals surface area contributed by atoms with Gasteiger partial charge in [0.1, 0.15) is 5.41 Å². The number of Topliss-reactive ketones (excluding diaryl/α,β-unsaturated/α-hetero) is 2. The third-order valence-corrected chi connectivity index (χ3v) is 4.37. The highest BCUT2D eigenvalue weighted by Gasteiger charge is 2.72. The Morgan fingerprint density at radius 3 is 2.29 bits per heavy atom. The first kappa shape index (κ1) is 9.84. The lowest BCUT2D eigenvalue weighted by Gasteiger charge is -2.31. The molecule has 0 unspecified atom stereocenters. The van der Waals surface area contributed by atoms with Gasteiger partial charge >= 0.3 is 0 Å². The van der Waals surface area contributed by atoms with Crippen molar-refractivity contribution in [1.82, 2.24) is 0 Å². The Morgan fingerprint density at radius 1 is 1.43 bits per heavy atom. The summed E-state index contributed by atoms with van der Waals surface area (Å²) < 4.78 is 0. The summed E-state index contributed by atoms with van der Waals surface area (Å²) in [5, 5.41) is -0.666. The molecule has 2 aliphatic carbocycles. The fourth-order valence-electron chi connectivity index (χ4n) is 3.02.